The molecule has 0 aliphatic carbocycles. The Bertz CT molecular complexity index is 340. The SMILES string of the molecule is CCN(CC)CCOC(=O)C(C)(CC(C)(C)CC)C(C)(C)C. The van der Waals surface area contributed by atoms with Gasteiger partial charge in [-0.25, -0.2) is 0 Å². The van der Waals surface area contributed by atoms with Crippen LogP contribution in [0.3, 0.4) is 0 Å². The van der Waals surface area contributed by atoms with Crippen LogP contribution in [-0.2, 0) is 9.53 Å². The molecule has 0 heterocycles. The quantitative estimate of drug-likeness (QED) is 0.575. The van der Waals surface area contributed by atoms with E-state index in [9.17, 15) is 4.79 Å². The van der Waals surface area contributed by atoms with Gasteiger partial charge in [0.25, 0.3) is 0 Å². The van der Waals surface area contributed by atoms with E-state index < -0.39 is 5.41 Å². The number of carbonyl (C=O) groups excluding carboxylic acids is 1. The highest BCUT2D eigenvalue weighted by atomic mass is 16.5. The van der Waals surface area contributed by atoms with Gasteiger partial charge >= 0.3 is 5.97 Å². The third kappa shape index (κ3) is 5.91. The molecule has 0 bridgehead atoms. The Morgan fingerprint density at radius 1 is 0.955 bits per heavy atom. The van der Waals surface area contributed by atoms with Gasteiger partial charge in [0, 0.05) is 6.54 Å². The van der Waals surface area contributed by atoms with Crippen LogP contribution in [0.1, 0.15) is 75.2 Å². The van der Waals surface area contributed by atoms with E-state index in [1.54, 1.807) is 0 Å². The molecule has 0 fully saturated rings. The van der Waals surface area contributed by atoms with Crippen LogP contribution in [0.5, 0.6) is 0 Å². The minimum absolute atomic E-state index is 0.0475. The molecule has 0 amide bonds. The molecule has 0 aromatic heterocycles. The molecule has 0 radical (unpaired) electrons. The first-order valence-electron chi connectivity index (χ1n) is 8.83. The van der Waals surface area contributed by atoms with Gasteiger partial charge in [-0.1, -0.05) is 61.8 Å². The van der Waals surface area contributed by atoms with Gasteiger partial charge in [0.2, 0.25) is 0 Å². The summed E-state index contributed by atoms with van der Waals surface area (Å²) >= 11 is 0. The minimum atomic E-state index is -0.463. The Balaban J connectivity index is 4.94. The van der Waals surface area contributed by atoms with Crippen LogP contribution in [0.4, 0.5) is 0 Å². The lowest BCUT2D eigenvalue weighted by Crippen LogP contribution is -2.45. The number of rotatable bonds is 9. The zero-order chi connectivity index (χ0) is 17.6. The van der Waals surface area contributed by atoms with Crippen LogP contribution in [0.2, 0.25) is 0 Å². The maximum atomic E-state index is 12.8. The third-order valence-electron chi connectivity index (χ3n) is 5.43. The fourth-order valence-electron chi connectivity index (χ4n) is 2.69. The number of likely N-dealkylation sites (N-methyl/N-ethyl adjacent to an activating group) is 1. The van der Waals surface area contributed by atoms with Gasteiger partial charge in [-0.05, 0) is 37.3 Å². The lowest BCUT2D eigenvalue weighted by atomic mass is 9.60. The van der Waals surface area contributed by atoms with Crippen molar-refractivity contribution in [3.05, 3.63) is 0 Å². The van der Waals surface area contributed by atoms with Crippen LogP contribution in [-0.4, -0.2) is 37.1 Å². The molecule has 1 unspecified atom stereocenters. The summed E-state index contributed by atoms with van der Waals surface area (Å²) in [4.78, 5) is 15.1. The Hall–Kier alpha value is -0.570. The molecule has 0 spiro atoms. The van der Waals surface area contributed by atoms with Gasteiger partial charge in [-0.2, -0.15) is 0 Å². The number of esters is 1. The first-order valence-corrected chi connectivity index (χ1v) is 8.83. The highest BCUT2D eigenvalue weighted by molar-refractivity contribution is 5.77. The van der Waals surface area contributed by atoms with Gasteiger partial charge in [-0.15, -0.1) is 0 Å². The van der Waals surface area contributed by atoms with Gasteiger partial charge in [-0.3, -0.25) is 4.79 Å². The molecule has 0 rings (SSSR count). The Kier molecular flexibility index (Phi) is 8.11. The maximum Gasteiger partial charge on any atom is 0.312 e. The molecule has 3 nitrogen and oxygen atoms in total. The number of ether oxygens (including phenoxy) is 1. The predicted octanol–water partition coefficient (Wildman–Crippen LogP) is 4.75. The average molecular weight is 314 g/mol. The first kappa shape index (κ1) is 21.4. The molecule has 1 atom stereocenters. The second-order valence-electron chi connectivity index (χ2n) is 8.44. The maximum absolute atomic E-state index is 12.8. The van der Waals surface area contributed by atoms with Crippen molar-refractivity contribution in [3.63, 3.8) is 0 Å². The van der Waals surface area contributed by atoms with Gasteiger partial charge < -0.3 is 9.64 Å². The monoisotopic (exact) mass is 313 g/mol. The molecule has 132 valence electrons. The number of hydrogen-bond donors (Lipinski definition) is 0. The van der Waals surface area contributed by atoms with Crippen molar-refractivity contribution in [2.45, 2.75) is 75.2 Å². The summed E-state index contributed by atoms with van der Waals surface area (Å²) in [7, 11) is 0. The molecule has 0 saturated carbocycles. The van der Waals surface area contributed by atoms with E-state index in [4.69, 9.17) is 4.74 Å². The first-order chi connectivity index (χ1) is 9.93. The fourth-order valence-corrected chi connectivity index (χ4v) is 2.69. The average Bonchev–Trinajstić information content (AvgIpc) is 2.41. The molecule has 0 aliphatic heterocycles. The normalized spacial score (nSPS) is 15.7. The molecular formula is C19H39NO2. The van der Waals surface area contributed by atoms with Crippen molar-refractivity contribution >= 4 is 5.97 Å². The summed E-state index contributed by atoms with van der Waals surface area (Å²) in [5.41, 5.74) is -0.443. The molecule has 3 heteroatoms. The lowest BCUT2D eigenvalue weighted by Gasteiger charge is -2.44. The van der Waals surface area contributed by atoms with E-state index in [0.29, 0.717) is 6.61 Å². The zero-order valence-electron chi connectivity index (χ0n) is 16.5. The molecule has 0 N–H and O–H groups in total. The van der Waals surface area contributed by atoms with E-state index in [-0.39, 0.29) is 16.8 Å². The topological polar surface area (TPSA) is 29.5 Å². The van der Waals surface area contributed by atoms with Crippen molar-refractivity contribution in [2.75, 3.05) is 26.2 Å². The van der Waals surface area contributed by atoms with Gasteiger partial charge in [0.1, 0.15) is 6.61 Å². The highest BCUT2D eigenvalue weighted by Crippen LogP contribution is 2.48. The third-order valence-corrected chi connectivity index (χ3v) is 5.43. The second-order valence-corrected chi connectivity index (χ2v) is 8.44. The van der Waals surface area contributed by atoms with E-state index in [1.165, 1.54) is 0 Å². The summed E-state index contributed by atoms with van der Waals surface area (Å²) < 4.78 is 5.68. The van der Waals surface area contributed by atoms with E-state index in [2.05, 4.69) is 67.2 Å². The second kappa shape index (κ2) is 8.33. The molecule has 0 aromatic carbocycles. The Morgan fingerprint density at radius 2 is 1.45 bits per heavy atom. The molecular weight excluding hydrogens is 274 g/mol. The number of carbonyl (C=O) groups is 1. The summed E-state index contributed by atoms with van der Waals surface area (Å²) in [6, 6.07) is 0. The molecule has 0 saturated heterocycles. The van der Waals surface area contributed by atoms with Crippen molar-refractivity contribution in [3.8, 4) is 0 Å². The molecule has 0 aromatic rings. The highest BCUT2D eigenvalue weighted by Gasteiger charge is 2.48. The fraction of sp³-hybridized carbons (Fsp3) is 0.947. The van der Waals surface area contributed by atoms with Crippen LogP contribution < -0.4 is 0 Å². The lowest BCUT2D eigenvalue weighted by molar-refractivity contribution is -0.165. The summed E-state index contributed by atoms with van der Waals surface area (Å²) in [5.74, 6) is -0.0475. The smallest absolute Gasteiger partial charge is 0.312 e. The van der Waals surface area contributed by atoms with Gasteiger partial charge in [0.05, 0.1) is 5.41 Å². The van der Waals surface area contributed by atoms with E-state index in [0.717, 1.165) is 32.5 Å². The Labute approximate surface area is 138 Å². The molecule has 22 heavy (non-hydrogen) atoms. The van der Waals surface area contributed by atoms with Crippen LogP contribution in [0, 0.1) is 16.2 Å². The van der Waals surface area contributed by atoms with Crippen LogP contribution in [0.25, 0.3) is 0 Å². The van der Waals surface area contributed by atoms with E-state index in [1.807, 2.05) is 0 Å². The summed E-state index contributed by atoms with van der Waals surface area (Å²) in [5, 5.41) is 0. The predicted molar refractivity (Wildman–Crippen MR) is 95.0 cm³/mol. The Morgan fingerprint density at radius 3 is 1.82 bits per heavy atom. The van der Waals surface area contributed by atoms with Crippen LogP contribution in [0.15, 0.2) is 0 Å². The van der Waals surface area contributed by atoms with Crippen molar-refractivity contribution < 1.29 is 9.53 Å². The van der Waals surface area contributed by atoms with E-state index >= 15 is 0 Å². The minimum Gasteiger partial charge on any atom is -0.464 e. The molecule has 0 aliphatic rings. The number of hydrogen-bond acceptors (Lipinski definition) is 3. The standard InChI is InChI=1S/C19H39NO2/c1-10-18(7,8)15-19(9,17(4,5)6)16(21)22-14-13-20(11-2)12-3/h10-15H2,1-9H3. The van der Waals surface area contributed by atoms with Crippen molar-refractivity contribution in [1.29, 1.82) is 0 Å². The summed E-state index contributed by atoms with van der Waals surface area (Å²) in [6.45, 7) is 22.7. The van der Waals surface area contributed by atoms with Crippen molar-refractivity contribution in [1.82, 2.24) is 4.90 Å². The summed E-state index contributed by atoms with van der Waals surface area (Å²) in [6.07, 6.45) is 1.91. The van der Waals surface area contributed by atoms with Crippen molar-refractivity contribution in [2.24, 2.45) is 16.2 Å². The largest absolute Gasteiger partial charge is 0.464 e. The number of nitrogens with zero attached hydrogens (tertiary/aromatic N) is 1. The van der Waals surface area contributed by atoms with Gasteiger partial charge in [0.15, 0.2) is 0 Å². The van der Waals surface area contributed by atoms with Crippen LogP contribution >= 0.6 is 0 Å². The zero-order valence-corrected chi connectivity index (χ0v) is 16.5.